The van der Waals surface area contributed by atoms with Gasteiger partial charge in [-0.15, -0.1) is 0 Å². The minimum atomic E-state index is -0.954. The smallest absolute Gasteiger partial charge is 0.247 e. The summed E-state index contributed by atoms with van der Waals surface area (Å²) in [6.45, 7) is 2.05. The van der Waals surface area contributed by atoms with Crippen molar-refractivity contribution >= 4 is 5.97 Å². The van der Waals surface area contributed by atoms with Gasteiger partial charge < -0.3 is 0 Å². The van der Waals surface area contributed by atoms with E-state index in [0.717, 1.165) is 12.8 Å². The monoisotopic (exact) mass is 141 g/mol. The van der Waals surface area contributed by atoms with Crippen molar-refractivity contribution in [2.45, 2.75) is 32.6 Å². The lowest BCUT2D eigenvalue weighted by Crippen LogP contribution is -1.90. The van der Waals surface area contributed by atoms with Crippen molar-refractivity contribution < 1.29 is 9.90 Å². The molecule has 0 aliphatic carbocycles. The van der Waals surface area contributed by atoms with Gasteiger partial charge in [0.05, 0.1) is 6.42 Å². The molecule has 10 heavy (non-hydrogen) atoms. The molecule has 0 heterocycles. The van der Waals surface area contributed by atoms with Crippen molar-refractivity contribution in [2.75, 3.05) is 0 Å². The molecular weight excluding hydrogens is 128 g/mol. The summed E-state index contributed by atoms with van der Waals surface area (Å²) in [5.74, 6) is -0.954. The van der Waals surface area contributed by atoms with E-state index in [9.17, 15) is 9.90 Å². The molecular formula is C8H13O2. The third-order valence-corrected chi connectivity index (χ3v) is 1.15. The van der Waals surface area contributed by atoms with Crippen LogP contribution in [0.5, 0.6) is 0 Å². The van der Waals surface area contributed by atoms with Gasteiger partial charge in [-0.3, -0.25) is 0 Å². The van der Waals surface area contributed by atoms with Crippen LogP contribution in [0.15, 0.2) is 12.2 Å². The first kappa shape index (κ1) is 9.21. The summed E-state index contributed by atoms with van der Waals surface area (Å²) < 4.78 is 0. The average Bonchev–Trinajstić information content (AvgIpc) is 1.87. The largest absolute Gasteiger partial charge is 0.355 e. The molecule has 0 amide bonds. The zero-order valence-corrected chi connectivity index (χ0v) is 6.30. The third kappa shape index (κ3) is 7.21. The van der Waals surface area contributed by atoms with Gasteiger partial charge >= 0.3 is 5.97 Å². The maximum absolute atomic E-state index is 9.90. The third-order valence-electron chi connectivity index (χ3n) is 1.15. The first-order valence-electron chi connectivity index (χ1n) is 3.62. The second kappa shape index (κ2) is 6.33. The van der Waals surface area contributed by atoms with Crippen LogP contribution < -0.4 is 0 Å². The zero-order valence-electron chi connectivity index (χ0n) is 6.30. The molecule has 57 valence electrons. The summed E-state index contributed by atoms with van der Waals surface area (Å²) >= 11 is 0. The number of unbranched alkanes of at least 4 members (excludes halogenated alkanes) is 1. The van der Waals surface area contributed by atoms with Gasteiger partial charge in [0.1, 0.15) is 0 Å². The molecule has 2 heteroatoms. The van der Waals surface area contributed by atoms with Gasteiger partial charge in [0.15, 0.2) is 0 Å². The van der Waals surface area contributed by atoms with Crippen molar-refractivity contribution in [1.82, 2.24) is 0 Å². The molecule has 0 aromatic rings. The van der Waals surface area contributed by atoms with Gasteiger partial charge in [-0.05, 0) is 19.3 Å². The summed E-state index contributed by atoms with van der Waals surface area (Å²) in [6.07, 6.45) is 6.78. The molecule has 0 N–H and O–H groups in total. The molecule has 0 spiro atoms. The second-order valence-corrected chi connectivity index (χ2v) is 2.14. The molecule has 0 unspecified atom stereocenters. The zero-order chi connectivity index (χ0) is 7.82. The van der Waals surface area contributed by atoms with E-state index in [1.54, 1.807) is 0 Å². The Labute approximate surface area is 61.6 Å². The quantitative estimate of drug-likeness (QED) is 0.426. The van der Waals surface area contributed by atoms with Crippen LogP contribution in [0, 0.1) is 0 Å². The Morgan fingerprint density at radius 1 is 1.40 bits per heavy atom. The maximum atomic E-state index is 9.90. The highest BCUT2D eigenvalue weighted by Gasteiger charge is 1.95. The molecule has 0 rings (SSSR count). The highest BCUT2D eigenvalue weighted by atomic mass is 16.4. The van der Waals surface area contributed by atoms with Crippen molar-refractivity contribution in [2.24, 2.45) is 0 Å². The molecule has 0 fully saturated rings. The lowest BCUT2D eigenvalue weighted by molar-refractivity contribution is -0.143. The van der Waals surface area contributed by atoms with Crippen LogP contribution in [0.4, 0.5) is 0 Å². The fourth-order valence-electron chi connectivity index (χ4n) is 0.649. The molecule has 1 radical (unpaired) electrons. The fourth-order valence-corrected chi connectivity index (χ4v) is 0.649. The van der Waals surface area contributed by atoms with Gasteiger partial charge in [-0.25, -0.2) is 9.90 Å². The van der Waals surface area contributed by atoms with E-state index in [1.165, 1.54) is 0 Å². The Bertz CT molecular complexity index is 116. The summed E-state index contributed by atoms with van der Waals surface area (Å²) in [6, 6.07) is 0. The molecule has 0 aromatic carbocycles. The van der Waals surface area contributed by atoms with Gasteiger partial charge in [0.25, 0.3) is 0 Å². The maximum Gasteiger partial charge on any atom is 0.355 e. The highest BCUT2D eigenvalue weighted by Crippen LogP contribution is 1.96. The van der Waals surface area contributed by atoms with E-state index >= 15 is 0 Å². The van der Waals surface area contributed by atoms with Crippen molar-refractivity contribution in [3.8, 4) is 0 Å². The minimum absolute atomic E-state index is 0.175. The Balaban J connectivity index is 3.05. The van der Waals surface area contributed by atoms with Crippen molar-refractivity contribution in [1.29, 1.82) is 0 Å². The summed E-state index contributed by atoms with van der Waals surface area (Å²) in [7, 11) is 0. The van der Waals surface area contributed by atoms with Crippen LogP contribution in [0.3, 0.4) is 0 Å². The predicted molar refractivity (Wildman–Crippen MR) is 39.0 cm³/mol. The van der Waals surface area contributed by atoms with Gasteiger partial charge in [0.2, 0.25) is 0 Å². The second-order valence-electron chi connectivity index (χ2n) is 2.14. The van der Waals surface area contributed by atoms with E-state index in [-0.39, 0.29) is 6.42 Å². The van der Waals surface area contributed by atoms with E-state index in [2.05, 4.69) is 6.92 Å². The molecule has 0 bridgehead atoms. The number of rotatable bonds is 5. The number of hydrogen-bond acceptors (Lipinski definition) is 1. The molecule has 2 nitrogen and oxygen atoms in total. The SMILES string of the molecule is CC/C=C\CCCC([O])=O. The van der Waals surface area contributed by atoms with Gasteiger partial charge in [0, 0.05) is 0 Å². The highest BCUT2D eigenvalue weighted by molar-refractivity contribution is 5.66. The summed E-state index contributed by atoms with van der Waals surface area (Å²) in [5, 5.41) is 9.90. The Kier molecular flexibility index (Phi) is 5.83. The lowest BCUT2D eigenvalue weighted by atomic mass is 10.2. The number of carbonyl (C=O) groups is 1. The lowest BCUT2D eigenvalue weighted by Gasteiger charge is -1.87. The predicted octanol–water partition coefficient (Wildman–Crippen LogP) is 2.08. The van der Waals surface area contributed by atoms with Crippen molar-refractivity contribution in [3.05, 3.63) is 12.2 Å². The normalized spacial score (nSPS) is 10.5. The minimum Gasteiger partial charge on any atom is -0.247 e. The van der Waals surface area contributed by atoms with Crippen LogP contribution in [0.2, 0.25) is 0 Å². The summed E-state index contributed by atoms with van der Waals surface area (Å²) in [4.78, 5) is 9.90. The topological polar surface area (TPSA) is 37.0 Å². The van der Waals surface area contributed by atoms with Gasteiger partial charge in [-0.1, -0.05) is 19.1 Å². The van der Waals surface area contributed by atoms with E-state index < -0.39 is 5.97 Å². The molecule has 0 aromatic heterocycles. The molecule has 0 saturated carbocycles. The van der Waals surface area contributed by atoms with Gasteiger partial charge in [-0.2, -0.15) is 0 Å². The Morgan fingerprint density at radius 2 is 2.10 bits per heavy atom. The fraction of sp³-hybridized carbons (Fsp3) is 0.625. The Morgan fingerprint density at radius 3 is 2.60 bits per heavy atom. The van der Waals surface area contributed by atoms with Crippen LogP contribution in [-0.4, -0.2) is 5.97 Å². The number of hydrogen-bond donors (Lipinski definition) is 0. The molecule has 0 saturated heterocycles. The number of carbonyl (C=O) groups excluding carboxylic acids is 1. The molecule has 0 aliphatic heterocycles. The van der Waals surface area contributed by atoms with Crippen LogP contribution in [0.25, 0.3) is 0 Å². The van der Waals surface area contributed by atoms with E-state index in [1.807, 2.05) is 12.2 Å². The standard InChI is InChI=1S/C8H13O2/c1-2-3-4-5-6-7-8(9)10/h3-4H,2,5-7H2,1H3/b4-3-. The molecule has 0 atom stereocenters. The van der Waals surface area contributed by atoms with Crippen LogP contribution >= 0.6 is 0 Å². The summed E-state index contributed by atoms with van der Waals surface area (Å²) in [5.41, 5.74) is 0. The first-order valence-corrected chi connectivity index (χ1v) is 3.62. The Hall–Kier alpha value is -0.790. The van der Waals surface area contributed by atoms with Crippen molar-refractivity contribution in [3.63, 3.8) is 0 Å². The first-order chi connectivity index (χ1) is 4.77. The van der Waals surface area contributed by atoms with Crippen LogP contribution in [0.1, 0.15) is 32.6 Å². The van der Waals surface area contributed by atoms with E-state index in [0.29, 0.717) is 6.42 Å². The molecule has 0 aliphatic rings. The van der Waals surface area contributed by atoms with Crippen LogP contribution in [-0.2, 0) is 9.90 Å². The number of allylic oxidation sites excluding steroid dienone is 2. The average molecular weight is 141 g/mol. The van der Waals surface area contributed by atoms with E-state index in [4.69, 9.17) is 0 Å².